The molecule has 0 atom stereocenters. The van der Waals surface area contributed by atoms with E-state index in [2.05, 4.69) is 16.3 Å². The zero-order valence-electron chi connectivity index (χ0n) is 13.4. The van der Waals surface area contributed by atoms with Crippen LogP contribution in [0.25, 0.3) is 0 Å². The summed E-state index contributed by atoms with van der Waals surface area (Å²) < 4.78 is 50.1. The van der Waals surface area contributed by atoms with Gasteiger partial charge in [-0.05, 0) is 6.42 Å². The van der Waals surface area contributed by atoms with Crippen LogP contribution in [-0.4, -0.2) is 24.8 Å². The van der Waals surface area contributed by atoms with E-state index in [0.29, 0.717) is 6.42 Å². The van der Waals surface area contributed by atoms with Gasteiger partial charge in [0.2, 0.25) is 0 Å². The molecule has 6 nitrogen and oxygen atoms in total. The minimum absolute atomic E-state index is 0.0606. The molecule has 2 N–H and O–H groups in total. The van der Waals surface area contributed by atoms with Crippen molar-refractivity contribution >= 4 is 22.1 Å². The third-order valence-corrected chi connectivity index (χ3v) is 5.69. The molecule has 0 unspecified atom stereocenters. The topological polar surface area (TPSA) is 84.9 Å². The summed E-state index contributed by atoms with van der Waals surface area (Å²) in [6.45, 7) is 2.12. The van der Waals surface area contributed by atoms with Crippen LogP contribution in [0.1, 0.15) is 71.1 Å². The summed E-state index contributed by atoms with van der Waals surface area (Å²) in [5.74, 6) is 0. The van der Waals surface area contributed by atoms with Gasteiger partial charge in [0.15, 0.2) is 0 Å². The molecule has 140 valence electrons. The third kappa shape index (κ3) is 11.2. The maximum atomic E-state index is 13.2. The largest absolute Gasteiger partial charge is 0.433 e. The van der Waals surface area contributed by atoms with Gasteiger partial charge in [0.05, 0.1) is 0 Å². The minimum Gasteiger partial charge on any atom is -0.220 e. The second-order valence-electron chi connectivity index (χ2n) is 5.27. The molecule has 0 aliphatic rings. The van der Waals surface area contributed by atoms with Crippen molar-refractivity contribution in [3.63, 3.8) is 0 Å². The van der Waals surface area contributed by atoms with E-state index in [1.54, 1.807) is 0 Å². The van der Waals surface area contributed by atoms with Crippen molar-refractivity contribution in [3.05, 3.63) is 0 Å². The Balaban J connectivity index is 3.63. The highest BCUT2D eigenvalue weighted by Crippen LogP contribution is 2.34. The molecule has 10 heteroatoms. The van der Waals surface area contributed by atoms with Crippen molar-refractivity contribution in [1.82, 2.24) is 4.72 Å². The van der Waals surface area contributed by atoms with Crippen LogP contribution in [-0.2, 0) is 19.4 Å². The molecular weight excluding hydrogens is 352 g/mol. The molecule has 0 radical (unpaired) electrons. The first kappa shape index (κ1) is 23.0. The highest BCUT2D eigenvalue weighted by molar-refractivity contribution is 8.10. The van der Waals surface area contributed by atoms with Crippen LogP contribution in [0.4, 0.5) is 8.78 Å². The Bertz CT molecular complexity index is 383. The standard InChI is InChI=1S/C13H27F2NO5S2/c1-2-3-4-5-6-7-8-9-10-11-12-16-23(18,19)13(14,15)22-21-20-17/h16-17H,2-12H2,1H3. The Morgan fingerprint density at radius 1 is 1.00 bits per heavy atom. The number of unbranched alkanes of at least 4 members (excludes halogenated alkanes) is 9. The molecule has 0 spiro atoms. The highest BCUT2D eigenvalue weighted by Gasteiger charge is 2.47. The number of alkyl halides is 2. The predicted octanol–water partition coefficient (Wildman–Crippen LogP) is 4.45. The van der Waals surface area contributed by atoms with Gasteiger partial charge in [-0.1, -0.05) is 69.7 Å². The van der Waals surface area contributed by atoms with Gasteiger partial charge in [-0.3, -0.25) is 0 Å². The number of halogens is 2. The zero-order chi connectivity index (χ0) is 17.6. The number of sulfonamides is 1. The maximum Gasteiger partial charge on any atom is 0.433 e. The first-order chi connectivity index (χ1) is 10.9. The van der Waals surface area contributed by atoms with Crippen LogP contribution in [0.3, 0.4) is 0 Å². The van der Waals surface area contributed by atoms with Gasteiger partial charge in [0.1, 0.15) is 12.0 Å². The van der Waals surface area contributed by atoms with Gasteiger partial charge in [-0.2, -0.15) is 8.78 Å². The molecule has 0 saturated carbocycles. The number of nitrogens with one attached hydrogen (secondary N) is 1. The first-order valence-corrected chi connectivity index (χ1v) is 10.1. The van der Waals surface area contributed by atoms with Gasteiger partial charge < -0.3 is 0 Å². The lowest BCUT2D eigenvalue weighted by molar-refractivity contribution is -0.433. The van der Waals surface area contributed by atoms with E-state index in [4.69, 9.17) is 5.26 Å². The van der Waals surface area contributed by atoms with E-state index < -0.39 is 26.7 Å². The zero-order valence-corrected chi connectivity index (χ0v) is 15.1. The Hall–Kier alpha value is -0.0000000000000000694. The van der Waals surface area contributed by atoms with E-state index in [1.807, 2.05) is 4.72 Å². The number of hydrogen-bond acceptors (Lipinski definition) is 6. The third-order valence-electron chi connectivity index (χ3n) is 3.30. The molecule has 23 heavy (non-hydrogen) atoms. The lowest BCUT2D eigenvalue weighted by atomic mass is 10.1. The van der Waals surface area contributed by atoms with E-state index in [-0.39, 0.29) is 6.54 Å². The average Bonchev–Trinajstić information content (AvgIpc) is 2.50. The summed E-state index contributed by atoms with van der Waals surface area (Å²) in [7, 11) is -4.88. The average molecular weight is 379 g/mol. The lowest BCUT2D eigenvalue weighted by Gasteiger charge is -2.14. The molecule has 0 aromatic carbocycles. The second-order valence-corrected chi connectivity index (χ2v) is 8.15. The first-order valence-electron chi connectivity index (χ1n) is 7.90. The Kier molecular flexibility index (Phi) is 13.3. The van der Waals surface area contributed by atoms with E-state index in [0.717, 1.165) is 25.7 Å². The van der Waals surface area contributed by atoms with Crippen LogP contribution in [0.2, 0.25) is 0 Å². The van der Waals surface area contributed by atoms with E-state index >= 15 is 0 Å². The summed E-state index contributed by atoms with van der Waals surface area (Å²) in [6, 6.07) is 0. The minimum atomic E-state index is -4.88. The van der Waals surface area contributed by atoms with Crippen LogP contribution in [0, 0.1) is 0 Å². The van der Waals surface area contributed by atoms with Crippen LogP contribution >= 0.6 is 12.0 Å². The highest BCUT2D eigenvalue weighted by atomic mass is 32.3. The summed E-state index contributed by atoms with van der Waals surface area (Å²) in [5.41, 5.74) is 0. The molecular formula is C13H27F2NO5S2. The van der Waals surface area contributed by atoms with Crippen LogP contribution in [0.15, 0.2) is 0 Å². The number of hydrogen-bond donors (Lipinski definition) is 2. The summed E-state index contributed by atoms with van der Waals surface area (Å²) in [6.07, 6.45) is 10.7. The molecule has 0 aromatic heterocycles. The molecule has 0 fully saturated rings. The van der Waals surface area contributed by atoms with Gasteiger partial charge in [-0.15, -0.1) is 4.33 Å². The predicted molar refractivity (Wildman–Crippen MR) is 86.1 cm³/mol. The van der Waals surface area contributed by atoms with Crippen LogP contribution < -0.4 is 4.72 Å². The van der Waals surface area contributed by atoms with Crippen molar-refractivity contribution in [1.29, 1.82) is 0 Å². The van der Waals surface area contributed by atoms with Crippen molar-refractivity contribution in [2.24, 2.45) is 0 Å². The second kappa shape index (κ2) is 13.3. The molecule has 0 amide bonds. The molecule has 0 aromatic rings. The van der Waals surface area contributed by atoms with Crippen molar-refractivity contribution < 1.29 is 31.8 Å². The van der Waals surface area contributed by atoms with Gasteiger partial charge >= 0.3 is 4.59 Å². The van der Waals surface area contributed by atoms with Gasteiger partial charge in [-0.25, -0.2) is 18.4 Å². The normalized spacial score (nSPS) is 12.7. The number of rotatable bonds is 16. The summed E-state index contributed by atoms with van der Waals surface area (Å²) >= 11 is -0.787. The Morgan fingerprint density at radius 2 is 1.48 bits per heavy atom. The molecule has 0 aliphatic carbocycles. The Labute approximate surface area is 141 Å². The fourth-order valence-electron chi connectivity index (χ4n) is 2.00. The fourth-order valence-corrected chi connectivity index (χ4v) is 3.31. The maximum absolute atomic E-state index is 13.2. The van der Waals surface area contributed by atoms with Crippen molar-refractivity contribution in [3.8, 4) is 0 Å². The summed E-state index contributed by atoms with van der Waals surface area (Å²) in [4.78, 5) is 0. The lowest BCUT2D eigenvalue weighted by Crippen LogP contribution is -2.38. The molecule has 0 saturated heterocycles. The Morgan fingerprint density at radius 3 is 1.96 bits per heavy atom. The van der Waals surface area contributed by atoms with E-state index in [1.165, 1.54) is 32.1 Å². The molecule has 0 bridgehead atoms. The quantitative estimate of drug-likeness (QED) is 0.178. The fraction of sp³-hybridized carbons (Fsp3) is 1.00. The summed E-state index contributed by atoms with van der Waals surface area (Å²) in [5, 5.41) is 10.8. The van der Waals surface area contributed by atoms with Crippen molar-refractivity contribution in [2.75, 3.05) is 6.54 Å². The van der Waals surface area contributed by atoms with Crippen LogP contribution in [0.5, 0.6) is 0 Å². The van der Waals surface area contributed by atoms with Gasteiger partial charge in [0, 0.05) is 6.54 Å². The smallest absolute Gasteiger partial charge is 0.220 e. The van der Waals surface area contributed by atoms with E-state index in [9.17, 15) is 17.2 Å². The monoisotopic (exact) mass is 379 g/mol. The molecule has 0 rings (SSSR count). The molecule has 0 heterocycles. The molecule has 0 aliphatic heterocycles. The van der Waals surface area contributed by atoms with Gasteiger partial charge in [0.25, 0.3) is 10.0 Å². The van der Waals surface area contributed by atoms with Crippen molar-refractivity contribution in [2.45, 2.75) is 75.7 Å². The SMILES string of the molecule is CCCCCCCCCCCCNS(=O)(=O)C(F)(F)SOOO.